The molecule has 0 saturated carbocycles. The number of fused-ring (bicyclic) bond motifs is 1. The molecule has 8 heteroatoms. The lowest BCUT2D eigenvalue weighted by Gasteiger charge is -2.37. The number of benzene rings is 1. The Bertz CT molecular complexity index is 1320. The zero-order chi connectivity index (χ0) is 23.8. The molecule has 0 aliphatic carbocycles. The molecule has 180 valence electrons. The highest BCUT2D eigenvalue weighted by Crippen LogP contribution is 2.33. The molecule has 0 spiro atoms. The molecule has 2 aliphatic rings. The van der Waals surface area contributed by atoms with E-state index in [1.165, 1.54) is 38.1 Å². The number of ether oxygens (including phenoxy) is 1. The molecule has 2 fully saturated rings. The van der Waals surface area contributed by atoms with Crippen LogP contribution in [0.3, 0.4) is 0 Å². The van der Waals surface area contributed by atoms with Gasteiger partial charge in [0.25, 0.3) is 0 Å². The third-order valence-electron chi connectivity index (χ3n) is 7.30. The summed E-state index contributed by atoms with van der Waals surface area (Å²) in [5.74, 6) is 1.20. The third kappa shape index (κ3) is 4.23. The number of imidazole rings is 1. The summed E-state index contributed by atoms with van der Waals surface area (Å²) in [7, 11) is 1.61. The molecule has 6 rings (SSSR count). The van der Waals surface area contributed by atoms with E-state index in [4.69, 9.17) is 14.8 Å². The number of rotatable bonds is 5. The highest BCUT2D eigenvalue weighted by molar-refractivity contribution is 5.81. The molecule has 3 aromatic heterocycles. The number of hydrogen-bond donors (Lipinski definition) is 0. The van der Waals surface area contributed by atoms with Gasteiger partial charge in [0.2, 0.25) is 5.88 Å². The van der Waals surface area contributed by atoms with Crippen LogP contribution in [0.25, 0.3) is 28.0 Å². The number of anilines is 1. The van der Waals surface area contributed by atoms with Crippen LogP contribution in [0.1, 0.15) is 25.7 Å². The fourth-order valence-electron chi connectivity index (χ4n) is 5.40. The molecule has 4 aromatic rings. The first-order valence-electron chi connectivity index (χ1n) is 12.3. The average molecular weight is 473 g/mol. The molecule has 7 nitrogen and oxygen atoms in total. The summed E-state index contributed by atoms with van der Waals surface area (Å²) in [6.07, 6.45) is 8.48. The first kappa shape index (κ1) is 22.0. The zero-order valence-electron chi connectivity index (χ0n) is 19.9. The Morgan fingerprint density at radius 2 is 1.69 bits per heavy atom. The Hall–Kier alpha value is -3.52. The molecule has 2 aliphatic heterocycles. The van der Waals surface area contributed by atoms with Crippen LogP contribution in [-0.4, -0.2) is 63.8 Å². The van der Waals surface area contributed by atoms with Gasteiger partial charge in [-0.2, -0.15) is 0 Å². The van der Waals surface area contributed by atoms with E-state index >= 15 is 0 Å². The Kier molecular flexibility index (Phi) is 5.82. The number of pyridine rings is 1. The maximum Gasteiger partial charge on any atom is 0.213 e. The maximum atomic E-state index is 13.7. The summed E-state index contributed by atoms with van der Waals surface area (Å²) in [4.78, 5) is 14.0. The van der Waals surface area contributed by atoms with Gasteiger partial charge in [-0.25, -0.2) is 18.9 Å². The van der Waals surface area contributed by atoms with Crippen LogP contribution in [0, 0.1) is 5.82 Å². The molecule has 0 bridgehead atoms. The van der Waals surface area contributed by atoms with E-state index < -0.39 is 0 Å². The molecule has 0 N–H and O–H groups in total. The molecule has 35 heavy (non-hydrogen) atoms. The number of aromatic nitrogens is 4. The lowest BCUT2D eigenvalue weighted by Crippen LogP contribution is -2.44. The lowest BCUT2D eigenvalue weighted by molar-refractivity contribution is 0.207. The van der Waals surface area contributed by atoms with Crippen molar-refractivity contribution in [2.75, 3.05) is 38.2 Å². The van der Waals surface area contributed by atoms with Gasteiger partial charge < -0.3 is 14.5 Å². The van der Waals surface area contributed by atoms with E-state index in [2.05, 4.69) is 20.9 Å². The molecule has 5 heterocycles. The molecule has 1 aromatic carbocycles. The van der Waals surface area contributed by atoms with Crippen LogP contribution in [0.15, 0.2) is 54.9 Å². The SMILES string of the molecule is COc1cc(-c2cnc3c(-c4ccc(F)cc4)cc(N4CCC(N5CCCC5)CC4)nn23)ccn1. The first-order valence-corrected chi connectivity index (χ1v) is 12.3. The van der Waals surface area contributed by atoms with Gasteiger partial charge in [-0.15, -0.1) is 5.10 Å². The number of likely N-dealkylation sites (tertiary alicyclic amines) is 1. The van der Waals surface area contributed by atoms with E-state index in [-0.39, 0.29) is 5.82 Å². The molecule has 0 atom stereocenters. The minimum Gasteiger partial charge on any atom is -0.481 e. The smallest absolute Gasteiger partial charge is 0.213 e. The number of nitrogens with zero attached hydrogens (tertiary/aromatic N) is 6. The van der Waals surface area contributed by atoms with Gasteiger partial charge in [-0.05, 0) is 68.6 Å². The van der Waals surface area contributed by atoms with Crippen molar-refractivity contribution in [1.29, 1.82) is 0 Å². The van der Waals surface area contributed by atoms with E-state index in [1.54, 1.807) is 25.4 Å². The van der Waals surface area contributed by atoms with Gasteiger partial charge in [0, 0.05) is 42.5 Å². The van der Waals surface area contributed by atoms with Gasteiger partial charge in [0.05, 0.1) is 19.0 Å². The van der Waals surface area contributed by atoms with Gasteiger partial charge in [-0.1, -0.05) is 12.1 Å². The number of methoxy groups -OCH3 is 1. The highest BCUT2D eigenvalue weighted by Gasteiger charge is 2.28. The van der Waals surface area contributed by atoms with Crippen molar-refractivity contribution in [2.24, 2.45) is 0 Å². The van der Waals surface area contributed by atoms with Crippen LogP contribution >= 0.6 is 0 Å². The lowest BCUT2D eigenvalue weighted by atomic mass is 10.0. The van der Waals surface area contributed by atoms with Crippen LogP contribution in [0.4, 0.5) is 10.2 Å². The minimum absolute atomic E-state index is 0.254. The topological polar surface area (TPSA) is 58.8 Å². The van der Waals surface area contributed by atoms with Gasteiger partial charge in [0.15, 0.2) is 5.65 Å². The van der Waals surface area contributed by atoms with Crippen molar-refractivity contribution in [3.63, 3.8) is 0 Å². The van der Waals surface area contributed by atoms with Crippen LogP contribution in [-0.2, 0) is 0 Å². The Morgan fingerprint density at radius 3 is 2.43 bits per heavy atom. The van der Waals surface area contributed by atoms with Crippen LogP contribution in [0.2, 0.25) is 0 Å². The second kappa shape index (κ2) is 9.26. The minimum atomic E-state index is -0.254. The Balaban J connectivity index is 1.41. The summed E-state index contributed by atoms with van der Waals surface area (Å²) < 4.78 is 20.9. The van der Waals surface area contributed by atoms with Crippen molar-refractivity contribution < 1.29 is 9.13 Å². The average Bonchev–Trinajstić information content (AvgIpc) is 3.59. The molecular weight excluding hydrogens is 443 g/mol. The predicted octanol–water partition coefficient (Wildman–Crippen LogP) is 4.67. The number of halogens is 1. The Labute approximate surface area is 204 Å². The summed E-state index contributed by atoms with van der Waals surface area (Å²) in [5.41, 5.74) is 4.36. The molecule has 2 saturated heterocycles. The van der Waals surface area contributed by atoms with Gasteiger partial charge in [-0.3, -0.25) is 0 Å². The second-order valence-electron chi connectivity index (χ2n) is 9.35. The largest absolute Gasteiger partial charge is 0.481 e. The van der Waals surface area contributed by atoms with E-state index in [0.717, 1.165) is 59.8 Å². The molecular formula is C27H29FN6O. The van der Waals surface area contributed by atoms with E-state index in [1.807, 2.05) is 22.8 Å². The monoisotopic (exact) mass is 472 g/mol. The predicted molar refractivity (Wildman–Crippen MR) is 134 cm³/mol. The van der Waals surface area contributed by atoms with Crippen molar-refractivity contribution >= 4 is 11.5 Å². The van der Waals surface area contributed by atoms with Crippen LogP contribution in [0.5, 0.6) is 5.88 Å². The quantitative estimate of drug-likeness (QED) is 0.421. The molecule has 0 radical (unpaired) electrons. The Morgan fingerprint density at radius 1 is 0.914 bits per heavy atom. The van der Waals surface area contributed by atoms with Crippen molar-refractivity contribution in [2.45, 2.75) is 31.7 Å². The fourth-order valence-corrected chi connectivity index (χ4v) is 5.40. The molecule has 0 amide bonds. The summed E-state index contributed by atoms with van der Waals surface area (Å²) in [5, 5.41) is 5.05. The summed E-state index contributed by atoms with van der Waals surface area (Å²) >= 11 is 0. The molecule has 0 unspecified atom stereocenters. The zero-order valence-corrected chi connectivity index (χ0v) is 19.9. The van der Waals surface area contributed by atoms with Gasteiger partial charge in [0.1, 0.15) is 11.6 Å². The van der Waals surface area contributed by atoms with E-state index in [9.17, 15) is 4.39 Å². The second-order valence-corrected chi connectivity index (χ2v) is 9.35. The van der Waals surface area contributed by atoms with E-state index in [0.29, 0.717) is 11.9 Å². The highest BCUT2D eigenvalue weighted by atomic mass is 19.1. The van der Waals surface area contributed by atoms with Crippen molar-refractivity contribution in [3.8, 4) is 28.3 Å². The normalized spacial score (nSPS) is 17.4. The van der Waals surface area contributed by atoms with Crippen molar-refractivity contribution in [3.05, 3.63) is 60.7 Å². The van der Waals surface area contributed by atoms with Gasteiger partial charge >= 0.3 is 0 Å². The maximum absolute atomic E-state index is 13.7. The van der Waals surface area contributed by atoms with Crippen LogP contribution < -0.4 is 9.64 Å². The first-order chi connectivity index (χ1) is 17.2. The standard InChI is InChI=1S/C27H29FN6O/c1-35-26-16-20(8-11-29-26)24-18-30-27-23(19-4-6-21(28)7-5-19)17-25(31-34(24)27)33-14-9-22(10-15-33)32-12-2-3-13-32/h4-8,11,16-18,22H,2-3,9-10,12-15H2,1H3. The number of piperidine rings is 1. The third-order valence-corrected chi connectivity index (χ3v) is 7.30. The number of hydrogen-bond acceptors (Lipinski definition) is 6. The fraction of sp³-hybridized carbons (Fsp3) is 0.370. The van der Waals surface area contributed by atoms with Crippen molar-refractivity contribution in [1.82, 2.24) is 24.5 Å². The summed E-state index contributed by atoms with van der Waals surface area (Å²) in [6, 6.07) is 13.2. The summed E-state index contributed by atoms with van der Waals surface area (Å²) in [6.45, 7) is 4.40.